The molecule has 0 aliphatic rings. The number of carbonyl (C=O) groups is 1. The molecule has 1 N–H and O–H groups in total. The van der Waals surface area contributed by atoms with Gasteiger partial charge in [0.05, 0.1) is 17.0 Å². The lowest BCUT2D eigenvalue weighted by molar-refractivity contribution is 0.0696. The molecule has 6 nitrogen and oxygen atoms in total. The van der Waals surface area contributed by atoms with Gasteiger partial charge in [0, 0.05) is 23.6 Å². The molecule has 2 aromatic heterocycles. The molecular formula is C22H32N4O2. The maximum atomic E-state index is 11.2. The molecule has 6 heteroatoms. The molecule has 0 aliphatic carbocycles. The number of hydrogen-bond donors (Lipinski definition) is 1. The molecule has 152 valence electrons. The number of anilines is 2. The van der Waals surface area contributed by atoms with Gasteiger partial charge in [-0.3, -0.25) is 4.90 Å². The van der Waals surface area contributed by atoms with Crippen molar-refractivity contribution in [2.24, 2.45) is 5.92 Å². The fraction of sp³-hybridized carbons (Fsp3) is 0.545. The van der Waals surface area contributed by atoms with Crippen molar-refractivity contribution < 1.29 is 9.90 Å². The molecule has 0 saturated heterocycles. The van der Waals surface area contributed by atoms with Crippen molar-refractivity contribution in [1.29, 1.82) is 0 Å². The number of nitrogens with zero attached hydrogens (tertiary/aromatic N) is 4. The molecule has 0 fully saturated rings. The van der Waals surface area contributed by atoms with Crippen molar-refractivity contribution in [2.75, 3.05) is 11.4 Å². The average Bonchev–Trinajstić information content (AvgIpc) is 2.57. The Balaban J connectivity index is 2.63. The zero-order valence-electron chi connectivity index (χ0n) is 18.2. The van der Waals surface area contributed by atoms with Gasteiger partial charge in [-0.05, 0) is 24.1 Å². The molecule has 2 heterocycles. The summed E-state index contributed by atoms with van der Waals surface area (Å²) in [6.07, 6.45) is 1.38. The number of carboxylic acids is 1. The fourth-order valence-corrected chi connectivity index (χ4v) is 2.64. The Labute approximate surface area is 168 Å². The van der Waals surface area contributed by atoms with Crippen LogP contribution in [0.3, 0.4) is 0 Å². The maximum absolute atomic E-state index is 11.2. The third kappa shape index (κ3) is 5.27. The Bertz CT molecular complexity index is 799. The molecule has 28 heavy (non-hydrogen) atoms. The van der Waals surface area contributed by atoms with Gasteiger partial charge >= 0.3 is 5.97 Å². The summed E-state index contributed by atoms with van der Waals surface area (Å²) >= 11 is 0. The lowest BCUT2D eigenvalue weighted by atomic mass is 9.86. The van der Waals surface area contributed by atoms with E-state index in [-0.39, 0.29) is 16.4 Å². The Hall–Kier alpha value is -2.50. The Kier molecular flexibility index (Phi) is 6.12. The van der Waals surface area contributed by atoms with Crippen LogP contribution in [0.15, 0.2) is 24.4 Å². The molecule has 0 unspecified atom stereocenters. The van der Waals surface area contributed by atoms with E-state index in [1.165, 1.54) is 6.20 Å². The predicted octanol–water partition coefficient (Wildman–Crippen LogP) is 4.96. The second kappa shape index (κ2) is 7.86. The number of hydrogen-bond acceptors (Lipinski definition) is 5. The number of rotatable bonds is 5. The number of pyridine rings is 1. The zero-order valence-corrected chi connectivity index (χ0v) is 18.2. The standard InChI is InChI=1S/C22H32N4O2/c1-14(2)13-26(18-10-9-15(12-23-18)19(27)28)20-24-16(21(3,4)5)11-17(25-20)22(6,7)8/h9-12,14H,13H2,1-8H3,(H,27,28). The zero-order chi connectivity index (χ0) is 21.3. The highest BCUT2D eigenvalue weighted by molar-refractivity contribution is 5.87. The molecule has 2 rings (SSSR count). The maximum Gasteiger partial charge on any atom is 0.337 e. The number of aromatic nitrogens is 3. The summed E-state index contributed by atoms with van der Waals surface area (Å²) in [7, 11) is 0. The fourth-order valence-electron chi connectivity index (χ4n) is 2.64. The minimum Gasteiger partial charge on any atom is -0.478 e. The predicted molar refractivity (Wildman–Crippen MR) is 112 cm³/mol. The molecule has 0 spiro atoms. The molecule has 0 aromatic carbocycles. The van der Waals surface area contributed by atoms with E-state index >= 15 is 0 Å². The van der Waals surface area contributed by atoms with E-state index in [2.05, 4.69) is 66.4 Å². The summed E-state index contributed by atoms with van der Waals surface area (Å²) in [5.41, 5.74) is 1.86. The summed E-state index contributed by atoms with van der Waals surface area (Å²) in [6.45, 7) is 17.7. The first-order chi connectivity index (χ1) is 12.8. The first-order valence-corrected chi connectivity index (χ1v) is 9.66. The molecule has 0 saturated carbocycles. The van der Waals surface area contributed by atoms with E-state index in [1.54, 1.807) is 12.1 Å². The SMILES string of the molecule is CC(C)CN(c1ccc(C(=O)O)cn1)c1nc(C(C)(C)C)cc(C(C)(C)C)n1. The highest BCUT2D eigenvalue weighted by Gasteiger charge is 2.26. The highest BCUT2D eigenvalue weighted by atomic mass is 16.4. The van der Waals surface area contributed by atoms with Gasteiger partial charge in [-0.15, -0.1) is 0 Å². The van der Waals surface area contributed by atoms with Crippen LogP contribution in [0.4, 0.5) is 11.8 Å². The van der Waals surface area contributed by atoms with Crippen LogP contribution in [0, 0.1) is 5.92 Å². The van der Waals surface area contributed by atoms with Crippen LogP contribution >= 0.6 is 0 Å². The average molecular weight is 385 g/mol. The minimum absolute atomic E-state index is 0.123. The van der Waals surface area contributed by atoms with E-state index < -0.39 is 5.97 Å². The first kappa shape index (κ1) is 21.8. The Morgan fingerprint density at radius 3 is 1.93 bits per heavy atom. The summed E-state index contributed by atoms with van der Waals surface area (Å²) < 4.78 is 0. The van der Waals surface area contributed by atoms with Gasteiger partial charge in [0.1, 0.15) is 5.82 Å². The van der Waals surface area contributed by atoms with Crippen LogP contribution < -0.4 is 4.90 Å². The van der Waals surface area contributed by atoms with Gasteiger partial charge in [0.25, 0.3) is 0 Å². The largest absolute Gasteiger partial charge is 0.478 e. The van der Waals surface area contributed by atoms with Gasteiger partial charge in [0.2, 0.25) is 5.95 Å². The van der Waals surface area contributed by atoms with Crippen LogP contribution in [0.25, 0.3) is 0 Å². The molecule has 0 amide bonds. The molecule has 0 atom stereocenters. The van der Waals surface area contributed by atoms with Gasteiger partial charge in [-0.25, -0.2) is 19.7 Å². The minimum atomic E-state index is -0.990. The normalized spacial score (nSPS) is 12.3. The van der Waals surface area contributed by atoms with Crippen molar-refractivity contribution in [2.45, 2.75) is 66.2 Å². The van der Waals surface area contributed by atoms with E-state index in [9.17, 15) is 4.79 Å². The molecule has 2 aromatic rings. The van der Waals surface area contributed by atoms with E-state index in [0.717, 1.165) is 11.4 Å². The van der Waals surface area contributed by atoms with Crippen molar-refractivity contribution in [3.8, 4) is 0 Å². The van der Waals surface area contributed by atoms with Gasteiger partial charge in [0.15, 0.2) is 0 Å². The monoisotopic (exact) mass is 384 g/mol. The summed E-state index contributed by atoms with van der Waals surface area (Å²) in [4.78, 5) is 27.2. The number of carboxylic acid groups (broad SMARTS) is 1. The van der Waals surface area contributed by atoms with Gasteiger partial charge < -0.3 is 5.11 Å². The van der Waals surface area contributed by atoms with Crippen LogP contribution in [0.1, 0.15) is 77.1 Å². The van der Waals surface area contributed by atoms with E-state index in [0.29, 0.717) is 24.2 Å². The molecule has 0 aliphatic heterocycles. The lowest BCUT2D eigenvalue weighted by Gasteiger charge is -2.29. The second-order valence-electron chi connectivity index (χ2n) is 9.65. The molecule has 0 radical (unpaired) electrons. The van der Waals surface area contributed by atoms with Crippen molar-refractivity contribution in [1.82, 2.24) is 15.0 Å². The first-order valence-electron chi connectivity index (χ1n) is 9.66. The third-order valence-electron chi connectivity index (χ3n) is 4.31. The van der Waals surface area contributed by atoms with Crippen molar-refractivity contribution >= 4 is 17.7 Å². The molecular weight excluding hydrogens is 352 g/mol. The second-order valence-corrected chi connectivity index (χ2v) is 9.65. The van der Waals surface area contributed by atoms with Crippen molar-refractivity contribution in [3.63, 3.8) is 0 Å². The van der Waals surface area contributed by atoms with Crippen LogP contribution in [-0.2, 0) is 10.8 Å². The van der Waals surface area contributed by atoms with Crippen LogP contribution in [0.2, 0.25) is 0 Å². The lowest BCUT2D eigenvalue weighted by Crippen LogP contribution is -2.29. The summed E-state index contributed by atoms with van der Waals surface area (Å²) in [5.74, 6) is 0.600. The van der Waals surface area contributed by atoms with Crippen molar-refractivity contribution in [3.05, 3.63) is 41.3 Å². The van der Waals surface area contributed by atoms with Crippen LogP contribution in [-0.4, -0.2) is 32.6 Å². The summed E-state index contributed by atoms with van der Waals surface area (Å²) in [5, 5.41) is 9.15. The quantitative estimate of drug-likeness (QED) is 0.785. The van der Waals surface area contributed by atoms with Gasteiger partial charge in [-0.1, -0.05) is 55.4 Å². The third-order valence-corrected chi connectivity index (χ3v) is 4.31. The van der Waals surface area contributed by atoms with E-state index in [4.69, 9.17) is 15.1 Å². The Morgan fingerprint density at radius 1 is 1.04 bits per heavy atom. The van der Waals surface area contributed by atoms with Gasteiger partial charge in [-0.2, -0.15) is 0 Å². The molecule has 0 bridgehead atoms. The van der Waals surface area contributed by atoms with E-state index in [1.807, 2.05) is 4.90 Å². The summed E-state index contributed by atoms with van der Waals surface area (Å²) in [6, 6.07) is 5.37. The highest BCUT2D eigenvalue weighted by Crippen LogP contribution is 2.30. The topological polar surface area (TPSA) is 79.2 Å². The van der Waals surface area contributed by atoms with Crippen LogP contribution in [0.5, 0.6) is 0 Å². The Morgan fingerprint density at radius 2 is 1.57 bits per heavy atom. The smallest absolute Gasteiger partial charge is 0.337 e. The number of aromatic carboxylic acids is 1.